The Morgan fingerprint density at radius 3 is 2.38 bits per heavy atom. The van der Waals surface area contributed by atoms with Gasteiger partial charge >= 0.3 is 6.09 Å². The second kappa shape index (κ2) is 10.1. The highest BCUT2D eigenvalue weighted by molar-refractivity contribution is 5.68. The second-order valence-electron chi connectivity index (χ2n) is 11.0. The van der Waals surface area contributed by atoms with Crippen LogP contribution in [0.3, 0.4) is 0 Å². The zero-order valence-corrected chi connectivity index (χ0v) is 21.4. The van der Waals surface area contributed by atoms with Gasteiger partial charge in [0.1, 0.15) is 17.2 Å². The lowest BCUT2D eigenvalue weighted by Gasteiger charge is -2.40. The average molecular weight is 470 g/mol. The van der Waals surface area contributed by atoms with E-state index in [0.717, 1.165) is 42.9 Å². The molecule has 4 rings (SSSR count). The number of aryl methyl sites for hydroxylation is 1. The van der Waals surface area contributed by atoms with Crippen LogP contribution < -0.4 is 5.32 Å². The number of fused-ring (bicyclic) bond motifs is 2. The SMILES string of the molecule is [2H]C([2H])(C[C@H](NC(=O)OC(C)(C)C)c1ccccc1)N1C2CCC1CC(n1c(C)nnc1C(C)C)C2. The molecule has 2 aromatic rings. The summed E-state index contributed by atoms with van der Waals surface area (Å²) < 4.78 is 26.2. The number of alkyl carbamates (subject to hydrolysis) is 1. The van der Waals surface area contributed by atoms with Crippen LogP contribution in [0, 0.1) is 6.92 Å². The van der Waals surface area contributed by atoms with Gasteiger partial charge in [-0.05, 0) is 65.4 Å². The van der Waals surface area contributed by atoms with Crippen molar-refractivity contribution in [2.75, 3.05) is 6.50 Å². The Bertz CT molecular complexity index is 1040. The van der Waals surface area contributed by atoms with Crippen LogP contribution in [-0.4, -0.2) is 49.9 Å². The molecule has 2 aliphatic rings. The van der Waals surface area contributed by atoms with Crippen LogP contribution in [0.2, 0.25) is 0 Å². The van der Waals surface area contributed by atoms with E-state index >= 15 is 0 Å². The van der Waals surface area contributed by atoms with E-state index in [0.29, 0.717) is 5.92 Å². The molecular weight excluding hydrogens is 426 g/mol. The molecule has 0 radical (unpaired) electrons. The highest BCUT2D eigenvalue weighted by Gasteiger charge is 2.42. The van der Waals surface area contributed by atoms with Crippen molar-refractivity contribution in [3.63, 3.8) is 0 Å². The van der Waals surface area contributed by atoms with Crippen LogP contribution in [0.15, 0.2) is 30.3 Å². The molecule has 2 saturated heterocycles. The molecule has 3 heterocycles. The highest BCUT2D eigenvalue weighted by atomic mass is 16.6. The third kappa shape index (κ3) is 5.62. The Morgan fingerprint density at radius 2 is 1.79 bits per heavy atom. The number of nitrogens with zero attached hydrogens (tertiary/aromatic N) is 4. The largest absolute Gasteiger partial charge is 0.444 e. The van der Waals surface area contributed by atoms with E-state index in [-0.39, 0.29) is 24.5 Å². The quantitative estimate of drug-likeness (QED) is 0.577. The Hall–Kier alpha value is -2.41. The van der Waals surface area contributed by atoms with E-state index in [9.17, 15) is 7.54 Å². The lowest BCUT2D eigenvalue weighted by Crippen LogP contribution is -2.45. The number of carbonyl (C=O) groups is 1. The van der Waals surface area contributed by atoms with Gasteiger partial charge in [-0.3, -0.25) is 4.90 Å². The fraction of sp³-hybridized carbons (Fsp3) is 0.667. The van der Waals surface area contributed by atoms with E-state index in [1.54, 1.807) is 0 Å². The summed E-state index contributed by atoms with van der Waals surface area (Å²) in [7, 11) is 0. The van der Waals surface area contributed by atoms with Gasteiger partial charge < -0.3 is 14.6 Å². The lowest BCUT2D eigenvalue weighted by molar-refractivity contribution is 0.0488. The van der Waals surface area contributed by atoms with Crippen molar-refractivity contribution < 1.29 is 12.3 Å². The van der Waals surface area contributed by atoms with Crippen LogP contribution in [-0.2, 0) is 4.74 Å². The van der Waals surface area contributed by atoms with Crippen molar-refractivity contribution in [2.24, 2.45) is 0 Å². The van der Waals surface area contributed by atoms with E-state index < -0.39 is 24.2 Å². The van der Waals surface area contributed by atoms with Gasteiger partial charge in [0, 0.05) is 33.3 Å². The Balaban J connectivity index is 1.53. The first-order valence-electron chi connectivity index (χ1n) is 13.6. The fourth-order valence-corrected chi connectivity index (χ4v) is 5.43. The summed E-state index contributed by atoms with van der Waals surface area (Å²) in [4.78, 5) is 14.7. The van der Waals surface area contributed by atoms with Gasteiger partial charge in [-0.1, -0.05) is 44.2 Å². The maximum Gasteiger partial charge on any atom is 0.408 e. The number of amides is 1. The van der Waals surface area contributed by atoms with Crippen molar-refractivity contribution >= 4 is 6.09 Å². The first-order chi connectivity index (χ1) is 16.9. The Labute approximate surface area is 207 Å². The summed E-state index contributed by atoms with van der Waals surface area (Å²) in [6.07, 6.45) is 3.34. The predicted octanol–water partition coefficient (Wildman–Crippen LogP) is 5.53. The first-order valence-corrected chi connectivity index (χ1v) is 12.6. The molecule has 1 aromatic heterocycles. The van der Waals surface area contributed by atoms with Crippen molar-refractivity contribution in [3.05, 3.63) is 47.5 Å². The molecule has 0 spiro atoms. The van der Waals surface area contributed by atoms with Crippen LogP contribution in [0.4, 0.5) is 4.79 Å². The maximum atomic E-state index is 12.7. The van der Waals surface area contributed by atoms with E-state index in [1.165, 1.54) is 0 Å². The number of benzene rings is 1. The van der Waals surface area contributed by atoms with Gasteiger partial charge in [0.25, 0.3) is 0 Å². The predicted molar refractivity (Wildman–Crippen MR) is 134 cm³/mol. The summed E-state index contributed by atoms with van der Waals surface area (Å²) in [5.74, 6) is 2.24. The van der Waals surface area contributed by atoms with Crippen LogP contribution in [0.1, 0.15) is 105 Å². The molecule has 1 amide bonds. The number of hydrogen-bond donors (Lipinski definition) is 1. The maximum absolute atomic E-state index is 12.7. The lowest BCUT2D eigenvalue weighted by atomic mass is 9.95. The standard InChI is InChI=1S/C27H41N5O2/c1-18(2)25-30-29-19(3)32(25)23-16-21-12-13-22(17-23)31(21)15-14-24(20-10-8-7-9-11-20)28-26(33)34-27(4,5)6/h7-11,18,21-24H,12-17H2,1-6H3,(H,28,33)/t21?,22?,23?,24-/m0/s1/i15D2. The first kappa shape index (κ1) is 22.1. The molecule has 2 aliphatic heterocycles. The molecule has 2 fully saturated rings. The van der Waals surface area contributed by atoms with Gasteiger partial charge in [-0.15, -0.1) is 10.2 Å². The van der Waals surface area contributed by atoms with Crippen LogP contribution >= 0.6 is 0 Å². The number of ether oxygens (including phenoxy) is 1. The van der Waals surface area contributed by atoms with E-state index in [1.807, 2.05) is 58.0 Å². The van der Waals surface area contributed by atoms with Crippen LogP contribution in [0.5, 0.6) is 0 Å². The smallest absolute Gasteiger partial charge is 0.408 e. The number of piperidine rings is 1. The van der Waals surface area contributed by atoms with E-state index in [2.05, 4.69) is 38.8 Å². The normalized spacial score (nSPS) is 25.1. The summed E-state index contributed by atoms with van der Waals surface area (Å²) in [5.41, 5.74) is 0.247. The van der Waals surface area contributed by atoms with Gasteiger partial charge in [-0.25, -0.2) is 4.79 Å². The van der Waals surface area contributed by atoms with Crippen molar-refractivity contribution in [1.29, 1.82) is 0 Å². The van der Waals surface area contributed by atoms with Crippen LogP contribution in [0.25, 0.3) is 0 Å². The van der Waals surface area contributed by atoms with Crippen molar-refractivity contribution in [3.8, 4) is 0 Å². The van der Waals surface area contributed by atoms with Gasteiger partial charge in [0.15, 0.2) is 0 Å². The minimum Gasteiger partial charge on any atom is -0.444 e. The molecule has 2 bridgehead atoms. The van der Waals surface area contributed by atoms with Crippen molar-refractivity contribution in [2.45, 2.75) is 109 Å². The van der Waals surface area contributed by atoms with Gasteiger partial charge in [-0.2, -0.15) is 0 Å². The molecule has 7 nitrogen and oxygen atoms in total. The third-order valence-corrected chi connectivity index (χ3v) is 6.85. The second-order valence-corrected chi connectivity index (χ2v) is 11.0. The third-order valence-electron chi connectivity index (χ3n) is 6.85. The Kier molecular flexibility index (Phi) is 6.53. The van der Waals surface area contributed by atoms with Gasteiger partial charge in [0.2, 0.25) is 0 Å². The number of aromatic nitrogens is 3. The topological polar surface area (TPSA) is 72.3 Å². The number of carbonyl (C=O) groups excluding carboxylic acids is 1. The molecule has 186 valence electrons. The van der Waals surface area contributed by atoms with Gasteiger partial charge in [0.05, 0.1) is 6.04 Å². The molecule has 1 aromatic carbocycles. The summed E-state index contributed by atoms with van der Waals surface area (Å²) in [6, 6.07) is 9.68. The molecule has 2 unspecified atom stereocenters. The molecule has 3 atom stereocenters. The zero-order valence-electron chi connectivity index (χ0n) is 23.4. The highest BCUT2D eigenvalue weighted by Crippen LogP contribution is 2.42. The summed E-state index contributed by atoms with van der Waals surface area (Å²) >= 11 is 0. The minimum absolute atomic E-state index is 0.142. The minimum atomic E-state index is -1.59. The molecular formula is C27H41N5O2. The monoisotopic (exact) mass is 469 g/mol. The van der Waals surface area contributed by atoms with Crippen molar-refractivity contribution in [1.82, 2.24) is 25.0 Å². The Morgan fingerprint density at radius 1 is 1.15 bits per heavy atom. The summed E-state index contributed by atoms with van der Waals surface area (Å²) in [6.45, 7) is 10.2. The molecule has 34 heavy (non-hydrogen) atoms. The molecule has 0 aliphatic carbocycles. The fourth-order valence-electron chi connectivity index (χ4n) is 5.43. The average Bonchev–Trinajstić information content (AvgIpc) is 3.30. The molecule has 1 N–H and O–H groups in total. The number of nitrogens with one attached hydrogen (secondary N) is 1. The number of rotatable bonds is 7. The number of hydrogen-bond acceptors (Lipinski definition) is 5. The molecule has 0 saturated carbocycles. The van der Waals surface area contributed by atoms with E-state index in [4.69, 9.17) is 4.74 Å². The summed E-state index contributed by atoms with van der Waals surface area (Å²) in [5, 5.41) is 11.7. The molecule has 7 heteroatoms. The zero-order chi connectivity index (χ0) is 26.3.